The quantitative estimate of drug-likeness (QED) is 0.371. The minimum Gasteiger partial charge on any atom is -0.493 e. The van der Waals surface area contributed by atoms with E-state index in [4.69, 9.17) is 15.2 Å². The predicted molar refractivity (Wildman–Crippen MR) is 111 cm³/mol. The third kappa shape index (κ3) is 6.02. The smallest absolute Gasteiger partial charge is 0.239 e. The molecule has 0 radical (unpaired) electrons. The highest BCUT2D eigenvalue weighted by Gasteiger charge is 2.30. The number of aliphatic imine (C=N–C) groups is 1. The van der Waals surface area contributed by atoms with Crippen LogP contribution in [-0.4, -0.2) is 75.7 Å². The highest BCUT2D eigenvalue weighted by atomic mass is 16.5. The summed E-state index contributed by atoms with van der Waals surface area (Å²) < 4.78 is 10.5. The van der Waals surface area contributed by atoms with Crippen molar-refractivity contribution < 1.29 is 14.3 Å². The van der Waals surface area contributed by atoms with Crippen molar-refractivity contribution in [1.82, 2.24) is 15.1 Å². The lowest BCUT2D eigenvalue weighted by molar-refractivity contribution is -0.133. The molecular formula is C20H33N5O3. The number of carbonyl (C=O) groups excluding carboxylic acids is 1. The number of rotatable bonds is 9. The first-order chi connectivity index (χ1) is 13.5. The average Bonchev–Trinajstić information content (AvgIpc) is 3.17. The third-order valence-corrected chi connectivity index (χ3v) is 4.90. The summed E-state index contributed by atoms with van der Waals surface area (Å²) in [4.78, 5) is 20.5. The number of ether oxygens (including phenoxy) is 2. The van der Waals surface area contributed by atoms with E-state index in [-0.39, 0.29) is 11.9 Å². The summed E-state index contributed by atoms with van der Waals surface area (Å²) in [5.74, 6) is 1.97. The van der Waals surface area contributed by atoms with Gasteiger partial charge in [-0.25, -0.2) is 4.99 Å². The number of benzene rings is 1. The van der Waals surface area contributed by atoms with Gasteiger partial charge in [-0.2, -0.15) is 0 Å². The minimum atomic E-state index is 0.0195. The molecule has 8 heteroatoms. The van der Waals surface area contributed by atoms with Crippen LogP contribution in [0.5, 0.6) is 11.5 Å². The van der Waals surface area contributed by atoms with Gasteiger partial charge in [0.05, 0.1) is 26.8 Å². The van der Waals surface area contributed by atoms with Gasteiger partial charge in [-0.1, -0.05) is 6.07 Å². The zero-order chi connectivity index (χ0) is 20.5. The highest BCUT2D eigenvalue weighted by molar-refractivity contribution is 5.81. The summed E-state index contributed by atoms with van der Waals surface area (Å²) in [6.07, 6.45) is 2.93. The number of methoxy groups -OCH3 is 2. The molecule has 156 valence electrons. The standard InChI is InChI=1S/C20H33N5O3/c1-24(2)19(26)16-7-5-11-25(16)12-6-10-22-20(21)23-14-15-8-9-17(27-3)18(13-15)28-4/h8-9,13,16H,5-7,10-12,14H2,1-4H3,(H3,21,22,23). The molecule has 2 rings (SSSR count). The molecule has 1 aliphatic heterocycles. The van der Waals surface area contributed by atoms with Crippen molar-refractivity contribution in [2.24, 2.45) is 10.7 Å². The van der Waals surface area contributed by atoms with Crippen LogP contribution in [-0.2, 0) is 11.3 Å². The molecule has 1 aromatic rings. The Morgan fingerprint density at radius 3 is 2.75 bits per heavy atom. The number of carbonyl (C=O) groups is 1. The van der Waals surface area contributed by atoms with E-state index in [1.807, 2.05) is 32.3 Å². The van der Waals surface area contributed by atoms with Gasteiger partial charge in [-0.15, -0.1) is 0 Å². The Kier molecular flexibility index (Phi) is 8.38. The van der Waals surface area contributed by atoms with Crippen molar-refractivity contribution in [2.75, 3.05) is 47.9 Å². The molecule has 1 saturated heterocycles. The van der Waals surface area contributed by atoms with Gasteiger partial charge in [-0.3, -0.25) is 9.69 Å². The van der Waals surface area contributed by atoms with Gasteiger partial charge in [0.25, 0.3) is 0 Å². The van der Waals surface area contributed by atoms with Gasteiger partial charge in [-0.05, 0) is 43.5 Å². The Morgan fingerprint density at radius 1 is 1.32 bits per heavy atom. The van der Waals surface area contributed by atoms with E-state index in [0.717, 1.165) is 44.5 Å². The normalized spacial score (nSPS) is 17.4. The van der Waals surface area contributed by atoms with Crippen LogP contribution in [0.3, 0.4) is 0 Å². The van der Waals surface area contributed by atoms with E-state index in [9.17, 15) is 4.79 Å². The molecule has 0 aromatic heterocycles. The van der Waals surface area contributed by atoms with E-state index in [0.29, 0.717) is 24.0 Å². The molecule has 1 aliphatic rings. The van der Waals surface area contributed by atoms with Gasteiger partial charge in [0.2, 0.25) is 5.91 Å². The Labute approximate surface area is 167 Å². The van der Waals surface area contributed by atoms with Crippen molar-refractivity contribution in [2.45, 2.75) is 31.8 Å². The Morgan fingerprint density at radius 2 is 2.07 bits per heavy atom. The van der Waals surface area contributed by atoms with Gasteiger partial charge < -0.3 is 25.4 Å². The van der Waals surface area contributed by atoms with Gasteiger partial charge >= 0.3 is 0 Å². The Hall–Kier alpha value is -2.48. The first-order valence-electron chi connectivity index (χ1n) is 9.66. The molecule has 0 bridgehead atoms. The molecule has 1 amide bonds. The van der Waals surface area contributed by atoms with Crippen molar-refractivity contribution in [3.05, 3.63) is 23.8 Å². The molecule has 1 heterocycles. The third-order valence-electron chi connectivity index (χ3n) is 4.90. The molecular weight excluding hydrogens is 358 g/mol. The topological polar surface area (TPSA) is 92.4 Å². The largest absolute Gasteiger partial charge is 0.493 e. The molecule has 1 atom stereocenters. The minimum absolute atomic E-state index is 0.0195. The maximum absolute atomic E-state index is 12.2. The van der Waals surface area contributed by atoms with Crippen LogP contribution in [0.25, 0.3) is 0 Å². The molecule has 0 aliphatic carbocycles. The maximum Gasteiger partial charge on any atom is 0.239 e. The fraction of sp³-hybridized carbons (Fsp3) is 0.600. The number of nitrogens with one attached hydrogen (secondary N) is 1. The number of guanidine groups is 1. The van der Waals surface area contributed by atoms with E-state index in [2.05, 4.69) is 15.2 Å². The van der Waals surface area contributed by atoms with Gasteiger partial charge in [0.1, 0.15) is 0 Å². The number of nitrogens with zero attached hydrogens (tertiary/aromatic N) is 3. The Balaban J connectivity index is 1.75. The van der Waals surface area contributed by atoms with Gasteiger partial charge in [0, 0.05) is 27.2 Å². The van der Waals surface area contributed by atoms with Crippen LogP contribution in [0.15, 0.2) is 23.2 Å². The van der Waals surface area contributed by atoms with Gasteiger partial charge in [0.15, 0.2) is 17.5 Å². The summed E-state index contributed by atoms with van der Waals surface area (Å²) >= 11 is 0. The average molecular weight is 392 g/mol. The first-order valence-corrected chi connectivity index (χ1v) is 9.66. The summed E-state index contributed by atoms with van der Waals surface area (Å²) in [7, 11) is 6.85. The second-order valence-electron chi connectivity index (χ2n) is 7.10. The molecule has 8 nitrogen and oxygen atoms in total. The summed E-state index contributed by atoms with van der Waals surface area (Å²) in [6.45, 7) is 3.04. The molecule has 3 N–H and O–H groups in total. The van der Waals surface area contributed by atoms with E-state index in [1.54, 1.807) is 19.1 Å². The number of hydrogen-bond donors (Lipinski definition) is 2. The lowest BCUT2D eigenvalue weighted by Gasteiger charge is -2.26. The highest BCUT2D eigenvalue weighted by Crippen LogP contribution is 2.27. The second kappa shape index (κ2) is 10.8. The number of likely N-dealkylation sites (tertiary alicyclic amines) is 1. The fourth-order valence-corrected chi connectivity index (χ4v) is 3.38. The number of likely N-dealkylation sites (N-methyl/N-ethyl adjacent to an activating group) is 1. The number of amides is 1. The van der Waals surface area contributed by atoms with Crippen LogP contribution in [0, 0.1) is 0 Å². The fourth-order valence-electron chi connectivity index (χ4n) is 3.38. The molecule has 1 fully saturated rings. The zero-order valence-corrected chi connectivity index (χ0v) is 17.4. The van der Waals surface area contributed by atoms with Crippen molar-refractivity contribution in [1.29, 1.82) is 0 Å². The molecule has 0 saturated carbocycles. The Bertz CT molecular complexity index is 678. The lowest BCUT2D eigenvalue weighted by Crippen LogP contribution is -2.43. The zero-order valence-electron chi connectivity index (χ0n) is 17.4. The van der Waals surface area contributed by atoms with Crippen molar-refractivity contribution in [3.8, 4) is 11.5 Å². The van der Waals surface area contributed by atoms with Crippen molar-refractivity contribution in [3.63, 3.8) is 0 Å². The second-order valence-corrected chi connectivity index (χ2v) is 7.10. The van der Waals surface area contributed by atoms with Crippen LogP contribution < -0.4 is 20.5 Å². The molecule has 0 spiro atoms. The summed E-state index contributed by atoms with van der Waals surface area (Å²) in [6, 6.07) is 5.71. The summed E-state index contributed by atoms with van der Waals surface area (Å²) in [5.41, 5.74) is 6.96. The van der Waals surface area contributed by atoms with Crippen LogP contribution in [0.4, 0.5) is 0 Å². The van der Waals surface area contributed by atoms with E-state index in [1.165, 1.54) is 0 Å². The maximum atomic E-state index is 12.2. The van der Waals surface area contributed by atoms with Crippen LogP contribution >= 0.6 is 0 Å². The molecule has 1 unspecified atom stereocenters. The number of nitrogens with two attached hydrogens (primary N) is 1. The molecule has 1 aromatic carbocycles. The van der Waals surface area contributed by atoms with Crippen LogP contribution in [0.1, 0.15) is 24.8 Å². The molecule has 28 heavy (non-hydrogen) atoms. The summed E-state index contributed by atoms with van der Waals surface area (Å²) in [5, 5.41) is 3.14. The van der Waals surface area contributed by atoms with Crippen molar-refractivity contribution >= 4 is 11.9 Å². The number of hydrogen-bond acceptors (Lipinski definition) is 5. The van der Waals surface area contributed by atoms with E-state index >= 15 is 0 Å². The first kappa shape index (κ1) is 21.8. The van der Waals surface area contributed by atoms with Crippen LogP contribution in [0.2, 0.25) is 0 Å². The lowest BCUT2D eigenvalue weighted by atomic mass is 10.2. The monoisotopic (exact) mass is 391 g/mol. The SMILES string of the molecule is COc1ccc(CN=C(N)NCCCN2CCCC2C(=O)N(C)C)cc1OC. The van der Waals surface area contributed by atoms with E-state index < -0.39 is 0 Å². The predicted octanol–water partition coefficient (Wildman–Crippen LogP) is 1.05.